The smallest absolute Gasteiger partial charge is 0.254 e. The SMILES string of the molecule is COC1CC(C(=O)NCC2CC2)N(C(=O)C(O)C(Cc2ccccc2)NC(=O)c2cccc(O)c2C)C1. The van der Waals surface area contributed by atoms with Crippen molar-refractivity contribution in [1.29, 1.82) is 0 Å². The summed E-state index contributed by atoms with van der Waals surface area (Å²) in [5.41, 5.74) is 1.46. The van der Waals surface area contributed by atoms with Crippen LogP contribution in [0.5, 0.6) is 5.75 Å². The zero-order chi connectivity index (χ0) is 26.5. The highest BCUT2D eigenvalue weighted by molar-refractivity contribution is 5.97. The van der Waals surface area contributed by atoms with Crippen LogP contribution in [0, 0.1) is 12.8 Å². The van der Waals surface area contributed by atoms with Gasteiger partial charge in [0, 0.05) is 37.7 Å². The number of aromatic hydroxyl groups is 1. The zero-order valence-corrected chi connectivity index (χ0v) is 21.2. The van der Waals surface area contributed by atoms with Gasteiger partial charge in [-0.25, -0.2) is 0 Å². The van der Waals surface area contributed by atoms with E-state index < -0.39 is 30.0 Å². The second-order valence-electron chi connectivity index (χ2n) is 9.95. The maximum Gasteiger partial charge on any atom is 0.254 e. The summed E-state index contributed by atoms with van der Waals surface area (Å²) < 4.78 is 5.44. The summed E-state index contributed by atoms with van der Waals surface area (Å²) in [5, 5.41) is 27.0. The second kappa shape index (κ2) is 11.7. The lowest BCUT2D eigenvalue weighted by atomic mass is 9.98. The molecule has 2 aliphatic rings. The Kier molecular flexibility index (Phi) is 8.45. The first-order chi connectivity index (χ1) is 17.8. The summed E-state index contributed by atoms with van der Waals surface area (Å²) in [6.07, 6.45) is 0.779. The van der Waals surface area contributed by atoms with Crippen LogP contribution >= 0.6 is 0 Å². The van der Waals surface area contributed by atoms with E-state index >= 15 is 0 Å². The fourth-order valence-corrected chi connectivity index (χ4v) is 4.71. The first-order valence-electron chi connectivity index (χ1n) is 12.7. The summed E-state index contributed by atoms with van der Waals surface area (Å²) in [6, 6.07) is 12.1. The highest BCUT2D eigenvalue weighted by atomic mass is 16.5. The average molecular weight is 510 g/mol. The van der Waals surface area contributed by atoms with Gasteiger partial charge in [-0.3, -0.25) is 14.4 Å². The van der Waals surface area contributed by atoms with Gasteiger partial charge in [-0.1, -0.05) is 36.4 Å². The molecule has 4 N–H and O–H groups in total. The average Bonchev–Trinajstić information content (AvgIpc) is 3.64. The molecule has 37 heavy (non-hydrogen) atoms. The molecule has 0 radical (unpaired) electrons. The summed E-state index contributed by atoms with van der Waals surface area (Å²) in [6.45, 7) is 2.37. The molecule has 198 valence electrons. The predicted octanol–water partition coefficient (Wildman–Crippen LogP) is 1.54. The number of aliphatic hydroxyl groups excluding tert-OH is 1. The molecule has 1 aliphatic carbocycles. The molecule has 1 aliphatic heterocycles. The van der Waals surface area contributed by atoms with Gasteiger partial charge in [-0.05, 0) is 49.8 Å². The quantitative estimate of drug-likeness (QED) is 0.385. The number of nitrogens with one attached hydrogen (secondary N) is 2. The van der Waals surface area contributed by atoms with Crippen LogP contribution in [0.1, 0.15) is 40.7 Å². The molecule has 4 rings (SSSR count). The highest BCUT2D eigenvalue weighted by Gasteiger charge is 2.43. The Morgan fingerprint density at radius 1 is 1.11 bits per heavy atom. The van der Waals surface area contributed by atoms with Gasteiger partial charge in [0.1, 0.15) is 11.8 Å². The first-order valence-corrected chi connectivity index (χ1v) is 12.7. The van der Waals surface area contributed by atoms with Gasteiger partial charge in [0.15, 0.2) is 6.10 Å². The van der Waals surface area contributed by atoms with E-state index in [0.717, 1.165) is 18.4 Å². The predicted molar refractivity (Wildman–Crippen MR) is 137 cm³/mol. The minimum Gasteiger partial charge on any atom is -0.508 e. The van der Waals surface area contributed by atoms with Gasteiger partial charge in [0.25, 0.3) is 11.8 Å². The number of rotatable bonds is 10. The third-order valence-corrected chi connectivity index (χ3v) is 7.24. The molecule has 9 heteroatoms. The molecule has 2 aromatic rings. The fraction of sp³-hybridized carbons (Fsp3) is 0.464. The molecular weight excluding hydrogens is 474 g/mol. The number of hydrogen-bond acceptors (Lipinski definition) is 6. The summed E-state index contributed by atoms with van der Waals surface area (Å²) in [4.78, 5) is 41.0. The van der Waals surface area contributed by atoms with Crippen molar-refractivity contribution < 1.29 is 29.3 Å². The number of aliphatic hydroxyl groups is 1. The lowest BCUT2D eigenvalue weighted by Gasteiger charge is -2.30. The molecule has 1 heterocycles. The molecule has 1 saturated carbocycles. The fourth-order valence-electron chi connectivity index (χ4n) is 4.71. The number of methoxy groups -OCH3 is 1. The molecule has 0 spiro atoms. The Morgan fingerprint density at radius 2 is 1.84 bits per heavy atom. The standard InChI is InChI=1S/C28H35N3O6/c1-17-21(9-6-10-24(17)32)26(34)30-22(13-18-7-4-3-5-8-18)25(33)28(36)31-16-20(37-2)14-23(31)27(35)29-15-19-11-12-19/h3-10,19-20,22-23,25,32-33H,11-16H2,1-2H3,(H,29,35)(H,30,34). The van der Waals surface area contributed by atoms with Crippen molar-refractivity contribution in [2.24, 2.45) is 5.92 Å². The van der Waals surface area contributed by atoms with Gasteiger partial charge < -0.3 is 30.5 Å². The van der Waals surface area contributed by atoms with Crippen LogP contribution < -0.4 is 10.6 Å². The lowest BCUT2D eigenvalue weighted by Crippen LogP contribution is -2.56. The number of phenolic OH excluding ortho intramolecular Hbond substituents is 1. The second-order valence-corrected chi connectivity index (χ2v) is 9.95. The van der Waals surface area contributed by atoms with Crippen LogP contribution in [0.25, 0.3) is 0 Å². The number of phenols is 1. The number of carbonyl (C=O) groups is 3. The summed E-state index contributed by atoms with van der Waals surface area (Å²) >= 11 is 0. The van der Waals surface area contributed by atoms with Gasteiger partial charge in [0.05, 0.1) is 12.1 Å². The Morgan fingerprint density at radius 3 is 2.51 bits per heavy atom. The highest BCUT2D eigenvalue weighted by Crippen LogP contribution is 2.28. The molecule has 0 aromatic heterocycles. The third kappa shape index (κ3) is 6.47. The number of hydrogen-bond donors (Lipinski definition) is 4. The molecule has 9 nitrogen and oxygen atoms in total. The number of amides is 3. The van der Waals surface area contributed by atoms with E-state index in [9.17, 15) is 24.6 Å². The van der Waals surface area contributed by atoms with Crippen LogP contribution in [-0.4, -0.2) is 77.3 Å². The lowest BCUT2D eigenvalue weighted by molar-refractivity contribution is -0.146. The van der Waals surface area contributed by atoms with Crippen LogP contribution in [0.4, 0.5) is 0 Å². The third-order valence-electron chi connectivity index (χ3n) is 7.24. The van der Waals surface area contributed by atoms with E-state index in [2.05, 4.69) is 10.6 Å². The van der Waals surface area contributed by atoms with Crippen LogP contribution in [-0.2, 0) is 20.7 Å². The number of carbonyl (C=O) groups excluding carboxylic acids is 3. The Balaban J connectivity index is 1.54. The normalized spacial score (nSPS) is 20.8. The Labute approximate surface area is 216 Å². The molecule has 2 fully saturated rings. The Bertz CT molecular complexity index is 1120. The number of likely N-dealkylation sites (tertiary alicyclic amines) is 1. The minimum atomic E-state index is -1.60. The maximum atomic E-state index is 13.6. The molecule has 1 saturated heterocycles. The van der Waals surface area contributed by atoms with Crippen molar-refractivity contribution in [3.63, 3.8) is 0 Å². The molecular formula is C28H35N3O6. The maximum absolute atomic E-state index is 13.6. The van der Waals surface area contributed by atoms with Crippen molar-refractivity contribution in [1.82, 2.24) is 15.5 Å². The van der Waals surface area contributed by atoms with E-state index in [1.807, 2.05) is 30.3 Å². The van der Waals surface area contributed by atoms with E-state index in [0.29, 0.717) is 24.4 Å². The van der Waals surface area contributed by atoms with E-state index in [1.54, 1.807) is 19.1 Å². The molecule has 4 atom stereocenters. The number of ether oxygens (including phenoxy) is 1. The Hall–Kier alpha value is -3.43. The minimum absolute atomic E-state index is 0.0217. The molecule has 4 unspecified atom stereocenters. The topological polar surface area (TPSA) is 128 Å². The van der Waals surface area contributed by atoms with Gasteiger partial charge >= 0.3 is 0 Å². The number of benzene rings is 2. The van der Waals surface area contributed by atoms with E-state index in [-0.39, 0.29) is 36.3 Å². The summed E-state index contributed by atoms with van der Waals surface area (Å²) in [7, 11) is 1.53. The molecule has 2 aromatic carbocycles. The van der Waals surface area contributed by atoms with Gasteiger partial charge in [-0.2, -0.15) is 0 Å². The van der Waals surface area contributed by atoms with E-state index in [4.69, 9.17) is 4.74 Å². The van der Waals surface area contributed by atoms with Gasteiger partial charge in [-0.15, -0.1) is 0 Å². The molecule has 3 amide bonds. The van der Waals surface area contributed by atoms with Crippen LogP contribution in [0.2, 0.25) is 0 Å². The van der Waals surface area contributed by atoms with Crippen molar-refractivity contribution in [3.8, 4) is 5.75 Å². The van der Waals surface area contributed by atoms with Crippen molar-refractivity contribution >= 4 is 17.7 Å². The van der Waals surface area contributed by atoms with Crippen molar-refractivity contribution in [3.05, 3.63) is 65.2 Å². The molecule has 0 bridgehead atoms. The van der Waals surface area contributed by atoms with Gasteiger partial charge in [0.2, 0.25) is 5.91 Å². The van der Waals surface area contributed by atoms with Crippen LogP contribution in [0.15, 0.2) is 48.5 Å². The summed E-state index contributed by atoms with van der Waals surface area (Å²) in [5.74, 6) is -0.946. The van der Waals surface area contributed by atoms with E-state index in [1.165, 1.54) is 18.1 Å². The van der Waals surface area contributed by atoms with Crippen molar-refractivity contribution in [2.75, 3.05) is 20.2 Å². The monoisotopic (exact) mass is 509 g/mol. The number of nitrogens with zero attached hydrogens (tertiary/aromatic N) is 1. The largest absolute Gasteiger partial charge is 0.508 e. The zero-order valence-electron chi connectivity index (χ0n) is 21.2. The van der Waals surface area contributed by atoms with Crippen LogP contribution in [0.3, 0.4) is 0 Å². The van der Waals surface area contributed by atoms with Crippen molar-refractivity contribution in [2.45, 2.75) is 56.9 Å². The first kappa shape index (κ1) is 26.6.